The van der Waals surface area contributed by atoms with Crippen molar-refractivity contribution in [3.63, 3.8) is 0 Å². The SMILES string of the molecule is CCCNCCS(=O)(=O)NCc1ccc(C)nc1. The molecule has 0 amide bonds. The summed E-state index contributed by atoms with van der Waals surface area (Å²) in [5.74, 6) is 0.103. The lowest BCUT2D eigenvalue weighted by atomic mass is 10.2. The molecule has 0 saturated carbocycles. The monoisotopic (exact) mass is 271 g/mol. The highest BCUT2D eigenvalue weighted by Crippen LogP contribution is 1.99. The lowest BCUT2D eigenvalue weighted by Gasteiger charge is -2.07. The predicted octanol–water partition coefficient (Wildman–Crippen LogP) is 0.809. The van der Waals surface area contributed by atoms with E-state index in [2.05, 4.69) is 15.0 Å². The first-order valence-electron chi connectivity index (χ1n) is 6.13. The lowest BCUT2D eigenvalue weighted by Crippen LogP contribution is -2.31. The van der Waals surface area contributed by atoms with Gasteiger partial charge in [0.25, 0.3) is 0 Å². The van der Waals surface area contributed by atoms with Crippen LogP contribution in [0.5, 0.6) is 0 Å². The molecular weight excluding hydrogens is 250 g/mol. The van der Waals surface area contributed by atoms with Gasteiger partial charge in [-0.3, -0.25) is 4.98 Å². The number of nitrogens with zero attached hydrogens (tertiary/aromatic N) is 1. The van der Waals surface area contributed by atoms with E-state index in [0.717, 1.165) is 24.2 Å². The molecule has 0 radical (unpaired) electrons. The molecule has 18 heavy (non-hydrogen) atoms. The van der Waals surface area contributed by atoms with Crippen LogP contribution in [0.1, 0.15) is 24.6 Å². The summed E-state index contributed by atoms with van der Waals surface area (Å²) in [6, 6.07) is 3.74. The first-order chi connectivity index (χ1) is 8.53. The van der Waals surface area contributed by atoms with Crippen molar-refractivity contribution < 1.29 is 8.42 Å². The zero-order valence-corrected chi connectivity index (χ0v) is 11.8. The molecule has 1 aromatic rings. The van der Waals surface area contributed by atoms with Gasteiger partial charge in [-0.15, -0.1) is 0 Å². The van der Waals surface area contributed by atoms with Crippen LogP contribution in [0.2, 0.25) is 0 Å². The largest absolute Gasteiger partial charge is 0.316 e. The van der Waals surface area contributed by atoms with Gasteiger partial charge in [0.2, 0.25) is 10.0 Å². The Bertz CT molecular complexity index is 443. The van der Waals surface area contributed by atoms with Gasteiger partial charge in [0.05, 0.1) is 5.75 Å². The molecule has 5 nitrogen and oxygen atoms in total. The van der Waals surface area contributed by atoms with E-state index in [1.165, 1.54) is 0 Å². The van der Waals surface area contributed by atoms with E-state index in [4.69, 9.17) is 0 Å². The number of aromatic nitrogens is 1. The van der Waals surface area contributed by atoms with Gasteiger partial charge in [0.15, 0.2) is 0 Å². The number of aryl methyl sites for hydroxylation is 1. The summed E-state index contributed by atoms with van der Waals surface area (Å²) in [5.41, 5.74) is 1.79. The second-order valence-corrected chi connectivity index (χ2v) is 6.12. The Morgan fingerprint density at radius 2 is 2.06 bits per heavy atom. The summed E-state index contributed by atoms with van der Waals surface area (Å²) >= 11 is 0. The molecule has 0 fully saturated rings. The Morgan fingerprint density at radius 1 is 1.28 bits per heavy atom. The Morgan fingerprint density at radius 3 is 2.67 bits per heavy atom. The van der Waals surface area contributed by atoms with Crippen LogP contribution in [0.25, 0.3) is 0 Å². The van der Waals surface area contributed by atoms with Crippen molar-refractivity contribution in [3.05, 3.63) is 29.6 Å². The molecule has 0 saturated heterocycles. The molecule has 0 spiro atoms. The molecule has 0 aliphatic heterocycles. The van der Waals surface area contributed by atoms with Crippen molar-refractivity contribution in [2.45, 2.75) is 26.8 Å². The van der Waals surface area contributed by atoms with Gasteiger partial charge in [0, 0.05) is 25.0 Å². The van der Waals surface area contributed by atoms with Gasteiger partial charge in [-0.1, -0.05) is 13.0 Å². The average molecular weight is 271 g/mol. The lowest BCUT2D eigenvalue weighted by molar-refractivity contribution is 0.576. The summed E-state index contributed by atoms with van der Waals surface area (Å²) in [7, 11) is -3.21. The molecule has 1 heterocycles. The van der Waals surface area contributed by atoms with Gasteiger partial charge in [-0.2, -0.15) is 0 Å². The Hall–Kier alpha value is -0.980. The molecule has 102 valence electrons. The van der Waals surface area contributed by atoms with Gasteiger partial charge in [0.1, 0.15) is 0 Å². The minimum absolute atomic E-state index is 0.103. The fraction of sp³-hybridized carbons (Fsp3) is 0.583. The highest BCUT2D eigenvalue weighted by molar-refractivity contribution is 7.89. The molecule has 0 atom stereocenters. The molecule has 6 heteroatoms. The summed E-state index contributed by atoms with van der Waals surface area (Å²) < 4.78 is 25.9. The van der Waals surface area contributed by atoms with E-state index in [9.17, 15) is 8.42 Å². The smallest absolute Gasteiger partial charge is 0.213 e. The van der Waals surface area contributed by atoms with Gasteiger partial charge < -0.3 is 5.32 Å². The Labute approximate surface area is 109 Å². The zero-order chi connectivity index (χ0) is 13.4. The van der Waals surface area contributed by atoms with Gasteiger partial charge in [-0.05, 0) is 31.5 Å². The van der Waals surface area contributed by atoms with Gasteiger partial charge in [-0.25, -0.2) is 13.1 Å². The number of rotatable bonds is 8. The second kappa shape index (κ2) is 7.45. The standard InChI is InChI=1S/C12H21N3O2S/c1-3-6-13-7-8-18(16,17)15-10-12-5-4-11(2)14-9-12/h4-5,9,13,15H,3,6-8,10H2,1-2H3. The Balaban J connectivity index is 2.34. The molecule has 0 aliphatic carbocycles. The third-order valence-corrected chi connectivity index (χ3v) is 3.77. The highest BCUT2D eigenvalue weighted by atomic mass is 32.2. The first-order valence-corrected chi connectivity index (χ1v) is 7.78. The molecule has 1 aromatic heterocycles. The zero-order valence-electron chi connectivity index (χ0n) is 10.9. The molecular formula is C12H21N3O2S. The maximum absolute atomic E-state index is 11.7. The number of pyridine rings is 1. The molecule has 2 N–H and O–H groups in total. The Kier molecular flexibility index (Phi) is 6.24. The van der Waals surface area contributed by atoms with E-state index in [1.54, 1.807) is 6.20 Å². The fourth-order valence-corrected chi connectivity index (χ4v) is 2.32. The van der Waals surface area contributed by atoms with Crippen molar-refractivity contribution in [1.29, 1.82) is 0 Å². The fourth-order valence-electron chi connectivity index (χ4n) is 1.38. The van der Waals surface area contributed by atoms with E-state index >= 15 is 0 Å². The maximum Gasteiger partial charge on any atom is 0.213 e. The van der Waals surface area contributed by atoms with Crippen LogP contribution in [0, 0.1) is 6.92 Å². The van der Waals surface area contributed by atoms with Crippen LogP contribution in [-0.2, 0) is 16.6 Å². The molecule has 0 aliphatic rings. The number of hydrogen-bond acceptors (Lipinski definition) is 4. The van der Waals surface area contributed by atoms with Crippen molar-refractivity contribution in [2.24, 2.45) is 0 Å². The van der Waals surface area contributed by atoms with Crippen LogP contribution >= 0.6 is 0 Å². The van der Waals surface area contributed by atoms with Crippen molar-refractivity contribution >= 4 is 10.0 Å². The quantitative estimate of drug-likeness (QED) is 0.686. The van der Waals surface area contributed by atoms with Crippen LogP contribution in [0.15, 0.2) is 18.3 Å². The van der Waals surface area contributed by atoms with Crippen LogP contribution in [0.3, 0.4) is 0 Å². The maximum atomic E-state index is 11.7. The normalized spacial score (nSPS) is 11.7. The topological polar surface area (TPSA) is 71.1 Å². The first kappa shape index (κ1) is 15.1. The number of sulfonamides is 1. The van der Waals surface area contributed by atoms with Gasteiger partial charge >= 0.3 is 0 Å². The second-order valence-electron chi connectivity index (χ2n) is 4.20. The minimum atomic E-state index is -3.21. The summed E-state index contributed by atoms with van der Waals surface area (Å²) in [6.45, 7) is 5.56. The highest BCUT2D eigenvalue weighted by Gasteiger charge is 2.09. The van der Waals surface area contributed by atoms with E-state index in [0.29, 0.717) is 13.1 Å². The number of nitrogens with one attached hydrogen (secondary N) is 2. The summed E-state index contributed by atoms with van der Waals surface area (Å²) in [6.07, 6.45) is 2.69. The van der Waals surface area contributed by atoms with E-state index < -0.39 is 10.0 Å². The summed E-state index contributed by atoms with van der Waals surface area (Å²) in [4.78, 5) is 4.12. The average Bonchev–Trinajstić information content (AvgIpc) is 2.34. The molecule has 1 rings (SSSR count). The summed E-state index contributed by atoms with van der Waals surface area (Å²) in [5, 5.41) is 3.07. The molecule has 0 bridgehead atoms. The van der Waals surface area contributed by atoms with Crippen LogP contribution < -0.4 is 10.0 Å². The minimum Gasteiger partial charge on any atom is -0.316 e. The number of hydrogen-bond donors (Lipinski definition) is 2. The predicted molar refractivity (Wildman–Crippen MR) is 72.8 cm³/mol. The third kappa shape index (κ3) is 6.09. The van der Waals surface area contributed by atoms with E-state index in [-0.39, 0.29) is 5.75 Å². The van der Waals surface area contributed by atoms with Crippen molar-refractivity contribution in [2.75, 3.05) is 18.8 Å². The van der Waals surface area contributed by atoms with E-state index in [1.807, 2.05) is 26.0 Å². The van der Waals surface area contributed by atoms with Crippen molar-refractivity contribution in [1.82, 2.24) is 15.0 Å². The molecule has 0 unspecified atom stereocenters. The molecule has 0 aromatic carbocycles. The third-order valence-electron chi connectivity index (χ3n) is 2.44. The van der Waals surface area contributed by atoms with Crippen molar-refractivity contribution in [3.8, 4) is 0 Å². The van der Waals surface area contributed by atoms with Crippen LogP contribution in [0.4, 0.5) is 0 Å². The van der Waals surface area contributed by atoms with Crippen LogP contribution in [-0.4, -0.2) is 32.2 Å².